The van der Waals surface area contributed by atoms with Crippen molar-refractivity contribution in [1.82, 2.24) is 10.3 Å². The van der Waals surface area contributed by atoms with Gasteiger partial charge >= 0.3 is 0 Å². The maximum absolute atomic E-state index is 13.6. The molecule has 1 saturated carbocycles. The van der Waals surface area contributed by atoms with Crippen LogP contribution in [0.15, 0.2) is 30.3 Å². The van der Waals surface area contributed by atoms with E-state index in [-0.39, 0.29) is 17.8 Å². The van der Waals surface area contributed by atoms with Crippen molar-refractivity contribution >= 4 is 11.7 Å². The van der Waals surface area contributed by atoms with Gasteiger partial charge in [-0.3, -0.25) is 4.79 Å². The van der Waals surface area contributed by atoms with E-state index in [1.807, 2.05) is 18.0 Å². The number of anilines is 1. The summed E-state index contributed by atoms with van der Waals surface area (Å²) < 4.78 is 19.5. The van der Waals surface area contributed by atoms with Gasteiger partial charge in [-0.05, 0) is 36.6 Å². The Morgan fingerprint density at radius 1 is 1.29 bits per heavy atom. The summed E-state index contributed by atoms with van der Waals surface area (Å²) in [5.41, 5.74) is 2.09. The minimum Gasteiger partial charge on any atom is -0.488 e. The van der Waals surface area contributed by atoms with Crippen LogP contribution in [0, 0.1) is 5.82 Å². The molecule has 4 rings (SSSR count). The summed E-state index contributed by atoms with van der Waals surface area (Å²) >= 11 is 0. The van der Waals surface area contributed by atoms with E-state index in [0.29, 0.717) is 36.8 Å². The lowest BCUT2D eigenvalue weighted by atomic mass is 9.95. The molecule has 148 valence electrons. The number of fused-ring (bicyclic) bond motifs is 1. The molecule has 1 amide bonds. The van der Waals surface area contributed by atoms with E-state index in [4.69, 9.17) is 4.74 Å². The topological polar surface area (TPSA) is 54.5 Å². The number of amides is 1. The molecule has 0 spiro atoms. The molecule has 1 N–H and O–H groups in total. The highest BCUT2D eigenvalue weighted by Gasteiger charge is 2.25. The van der Waals surface area contributed by atoms with Gasteiger partial charge in [0.2, 0.25) is 0 Å². The predicted molar refractivity (Wildman–Crippen MR) is 107 cm³/mol. The number of ether oxygens (including phenoxy) is 1. The van der Waals surface area contributed by atoms with Gasteiger partial charge in [0.1, 0.15) is 18.1 Å². The van der Waals surface area contributed by atoms with Crippen LogP contribution in [0.2, 0.25) is 0 Å². The second-order valence-corrected chi connectivity index (χ2v) is 7.70. The summed E-state index contributed by atoms with van der Waals surface area (Å²) in [6.45, 7) is 1.28. The fourth-order valence-corrected chi connectivity index (χ4v) is 4.00. The molecule has 1 aliphatic heterocycles. The monoisotopic (exact) mass is 383 g/mol. The molecule has 1 fully saturated rings. The van der Waals surface area contributed by atoms with Gasteiger partial charge in [0.15, 0.2) is 11.6 Å². The molecule has 0 radical (unpaired) electrons. The summed E-state index contributed by atoms with van der Waals surface area (Å²) in [7, 11) is 1.95. The zero-order chi connectivity index (χ0) is 19.5. The SMILES string of the molecule is CN1CCOc2c(Cc3cccc(F)c3)cc(C(=O)NC3CCCCC3)nc21. The van der Waals surface area contributed by atoms with Crippen LogP contribution in [0.1, 0.15) is 53.7 Å². The number of carbonyl (C=O) groups excluding carboxylic acids is 1. The number of nitrogens with zero attached hydrogens (tertiary/aromatic N) is 2. The molecule has 0 unspecified atom stereocenters. The Hall–Kier alpha value is -2.63. The Balaban J connectivity index is 1.65. The standard InChI is InChI=1S/C22H26FN3O2/c1-26-10-11-28-20-16(12-15-6-5-7-17(23)13-15)14-19(25-21(20)26)22(27)24-18-8-3-2-4-9-18/h5-7,13-14,18H,2-4,8-12H2,1H3,(H,24,27). The molecular weight excluding hydrogens is 357 g/mol. The van der Waals surface area contributed by atoms with Crippen molar-refractivity contribution in [2.45, 2.75) is 44.6 Å². The predicted octanol–water partition coefficient (Wildman–Crippen LogP) is 3.70. The first-order chi connectivity index (χ1) is 13.6. The van der Waals surface area contributed by atoms with Crippen molar-refractivity contribution < 1.29 is 13.9 Å². The lowest BCUT2D eigenvalue weighted by Crippen LogP contribution is -2.37. The van der Waals surface area contributed by atoms with E-state index >= 15 is 0 Å². The highest BCUT2D eigenvalue weighted by atomic mass is 19.1. The van der Waals surface area contributed by atoms with Gasteiger partial charge in [0.25, 0.3) is 5.91 Å². The normalized spacial score (nSPS) is 17.0. The number of rotatable bonds is 4. The molecule has 0 bridgehead atoms. The van der Waals surface area contributed by atoms with Crippen molar-refractivity contribution in [2.24, 2.45) is 0 Å². The number of nitrogens with one attached hydrogen (secondary N) is 1. The molecule has 5 nitrogen and oxygen atoms in total. The molecule has 1 aromatic heterocycles. The first-order valence-electron chi connectivity index (χ1n) is 10.0. The van der Waals surface area contributed by atoms with E-state index in [1.165, 1.54) is 18.6 Å². The number of hydrogen-bond acceptors (Lipinski definition) is 4. The molecule has 2 aliphatic rings. The summed E-state index contributed by atoms with van der Waals surface area (Å²) in [4.78, 5) is 19.5. The third kappa shape index (κ3) is 4.11. The third-order valence-electron chi connectivity index (χ3n) is 5.52. The summed E-state index contributed by atoms with van der Waals surface area (Å²) in [6, 6.07) is 8.53. The van der Waals surface area contributed by atoms with Crippen LogP contribution in [0.4, 0.5) is 10.2 Å². The Kier molecular flexibility index (Phi) is 5.46. The zero-order valence-corrected chi connectivity index (χ0v) is 16.2. The van der Waals surface area contributed by atoms with Crippen LogP contribution >= 0.6 is 0 Å². The number of carbonyl (C=O) groups is 1. The summed E-state index contributed by atoms with van der Waals surface area (Å²) in [6.07, 6.45) is 6.09. The van der Waals surface area contributed by atoms with Gasteiger partial charge in [-0.2, -0.15) is 0 Å². The molecule has 2 heterocycles. The molecule has 0 saturated heterocycles. The molecular formula is C22H26FN3O2. The number of benzene rings is 1. The Bertz CT molecular complexity index is 865. The number of aromatic nitrogens is 1. The molecule has 6 heteroatoms. The number of hydrogen-bond donors (Lipinski definition) is 1. The first-order valence-corrected chi connectivity index (χ1v) is 10.0. The fourth-order valence-electron chi connectivity index (χ4n) is 4.00. The molecule has 28 heavy (non-hydrogen) atoms. The van der Waals surface area contributed by atoms with Crippen LogP contribution in [0.25, 0.3) is 0 Å². The van der Waals surface area contributed by atoms with Crippen LogP contribution < -0.4 is 15.0 Å². The Labute approximate surface area is 164 Å². The van der Waals surface area contributed by atoms with Crippen LogP contribution in [0.3, 0.4) is 0 Å². The second-order valence-electron chi connectivity index (χ2n) is 7.70. The van der Waals surface area contributed by atoms with Crippen LogP contribution in [0.5, 0.6) is 5.75 Å². The minimum absolute atomic E-state index is 0.144. The minimum atomic E-state index is -0.270. The molecule has 0 atom stereocenters. The zero-order valence-electron chi connectivity index (χ0n) is 16.2. The van der Waals surface area contributed by atoms with Crippen molar-refractivity contribution in [2.75, 3.05) is 25.1 Å². The molecule has 2 aromatic rings. The maximum atomic E-state index is 13.6. The molecule has 1 aromatic carbocycles. The van der Waals surface area contributed by atoms with E-state index in [1.54, 1.807) is 12.1 Å². The first kappa shape index (κ1) is 18.7. The molecule has 1 aliphatic carbocycles. The quantitative estimate of drug-likeness (QED) is 0.875. The van der Waals surface area contributed by atoms with Gasteiger partial charge in [0.05, 0.1) is 6.54 Å². The van der Waals surface area contributed by atoms with E-state index in [2.05, 4.69) is 10.3 Å². The lowest BCUT2D eigenvalue weighted by Gasteiger charge is -2.29. The highest BCUT2D eigenvalue weighted by molar-refractivity contribution is 5.93. The number of halogens is 1. The van der Waals surface area contributed by atoms with Crippen molar-refractivity contribution in [3.8, 4) is 5.75 Å². The van der Waals surface area contributed by atoms with Gasteiger partial charge in [0, 0.05) is 25.1 Å². The lowest BCUT2D eigenvalue weighted by molar-refractivity contribution is 0.0922. The van der Waals surface area contributed by atoms with Crippen molar-refractivity contribution in [1.29, 1.82) is 0 Å². The van der Waals surface area contributed by atoms with E-state index in [0.717, 1.165) is 36.8 Å². The highest BCUT2D eigenvalue weighted by Crippen LogP contribution is 2.34. The maximum Gasteiger partial charge on any atom is 0.270 e. The largest absolute Gasteiger partial charge is 0.488 e. The van der Waals surface area contributed by atoms with E-state index < -0.39 is 0 Å². The third-order valence-corrected chi connectivity index (χ3v) is 5.52. The van der Waals surface area contributed by atoms with Crippen molar-refractivity contribution in [3.63, 3.8) is 0 Å². The van der Waals surface area contributed by atoms with Gasteiger partial charge in [-0.25, -0.2) is 9.37 Å². The fraction of sp³-hybridized carbons (Fsp3) is 0.455. The average molecular weight is 383 g/mol. The van der Waals surface area contributed by atoms with Crippen LogP contribution in [-0.2, 0) is 6.42 Å². The summed E-state index contributed by atoms with van der Waals surface area (Å²) in [5.74, 6) is 0.948. The Morgan fingerprint density at radius 3 is 2.89 bits per heavy atom. The van der Waals surface area contributed by atoms with Crippen LogP contribution in [-0.4, -0.2) is 37.1 Å². The number of likely N-dealkylation sites (N-methyl/N-ethyl adjacent to an activating group) is 1. The Morgan fingerprint density at radius 2 is 2.11 bits per heavy atom. The number of pyridine rings is 1. The smallest absolute Gasteiger partial charge is 0.270 e. The van der Waals surface area contributed by atoms with Gasteiger partial charge in [-0.15, -0.1) is 0 Å². The van der Waals surface area contributed by atoms with E-state index in [9.17, 15) is 9.18 Å². The second kappa shape index (κ2) is 8.17. The van der Waals surface area contributed by atoms with Gasteiger partial charge in [-0.1, -0.05) is 31.4 Å². The summed E-state index contributed by atoms with van der Waals surface area (Å²) in [5, 5.41) is 3.14. The average Bonchev–Trinajstić information content (AvgIpc) is 2.69. The van der Waals surface area contributed by atoms with Crippen molar-refractivity contribution in [3.05, 3.63) is 53.0 Å². The van der Waals surface area contributed by atoms with Gasteiger partial charge < -0.3 is 15.0 Å².